The number of carboxylic acid groups (broad SMARTS) is 1. The van der Waals surface area contributed by atoms with E-state index in [1.807, 2.05) is 0 Å². The Hall–Kier alpha value is -2.30. The van der Waals surface area contributed by atoms with E-state index in [0.29, 0.717) is 12.2 Å². The summed E-state index contributed by atoms with van der Waals surface area (Å²) in [7, 11) is 1.47. The van der Waals surface area contributed by atoms with Gasteiger partial charge in [-0.15, -0.1) is 6.58 Å². The number of hydrogen-bond acceptors (Lipinski definition) is 4. The summed E-state index contributed by atoms with van der Waals surface area (Å²) in [5, 5.41) is 8.48. The highest BCUT2D eigenvalue weighted by Gasteiger charge is 2.12. The molecule has 0 aliphatic carbocycles. The van der Waals surface area contributed by atoms with Gasteiger partial charge in [0.1, 0.15) is 0 Å². The second-order valence-corrected chi connectivity index (χ2v) is 3.85. The van der Waals surface area contributed by atoms with Gasteiger partial charge >= 0.3 is 11.9 Å². The van der Waals surface area contributed by atoms with Gasteiger partial charge in [-0.2, -0.15) is 0 Å². The fourth-order valence-electron chi connectivity index (χ4n) is 1.47. The van der Waals surface area contributed by atoms with Crippen LogP contribution in [0.5, 0.6) is 11.5 Å². The van der Waals surface area contributed by atoms with Crippen molar-refractivity contribution in [3.63, 3.8) is 0 Å². The van der Waals surface area contributed by atoms with Crippen molar-refractivity contribution in [1.29, 1.82) is 0 Å². The van der Waals surface area contributed by atoms with E-state index in [0.717, 1.165) is 5.56 Å². The standard InChI is InChI=1S/C14H16O5/c1-3-4-10-5-6-11(12(9-10)18-2)19-14(17)8-7-13(15)16/h3,5-6,9H,1,4,7-8H2,2H3,(H,15,16). The molecule has 5 nitrogen and oxygen atoms in total. The minimum Gasteiger partial charge on any atom is -0.493 e. The molecule has 0 saturated carbocycles. The maximum atomic E-state index is 11.4. The normalized spacial score (nSPS) is 9.74. The first-order valence-corrected chi connectivity index (χ1v) is 5.77. The predicted octanol–water partition coefficient (Wildman–Crippen LogP) is 2.19. The zero-order chi connectivity index (χ0) is 14.3. The zero-order valence-electron chi connectivity index (χ0n) is 10.7. The summed E-state index contributed by atoms with van der Waals surface area (Å²) in [6.07, 6.45) is 2.01. The van der Waals surface area contributed by atoms with Crippen molar-refractivity contribution in [2.75, 3.05) is 7.11 Å². The molecule has 102 valence electrons. The number of methoxy groups -OCH3 is 1. The lowest BCUT2D eigenvalue weighted by atomic mass is 10.1. The lowest BCUT2D eigenvalue weighted by Gasteiger charge is -2.10. The fraction of sp³-hybridized carbons (Fsp3) is 0.286. The van der Waals surface area contributed by atoms with Crippen molar-refractivity contribution in [3.8, 4) is 11.5 Å². The molecule has 1 aromatic rings. The van der Waals surface area contributed by atoms with Crippen LogP contribution in [0.1, 0.15) is 18.4 Å². The molecule has 0 unspecified atom stereocenters. The maximum Gasteiger partial charge on any atom is 0.311 e. The second kappa shape index (κ2) is 7.20. The molecule has 1 rings (SSSR count). The first-order valence-electron chi connectivity index (χ1n) is 5.77. The Morgan fingerprint density at radius 3 is 2.63 bits per heavy atom. The molecule has 0 aliphatic rings. The number of ether oxygens (including phenoxy) is 2. The van der Waals surface area contributed by atoms with Crippen molar-refractivity contribution in [1.82, 2.24) is 0 Å². The van der Waals surface area contributed by atoms with Gasteiger partial charge in [-0.3, -0.25) is 9.59 Å². The quantitative estimate of drug-likeness (QED) is 0.464. The van der Waals surface area contributed by atoms with Crippen molar-refractivity contribution < 1.29 is 24.2 Å². The van der Waals surface area contributed by atoms with Gasteiger partial charge in [-0.05, 0) is 24.1 Å². The zero-order valence-corrected chi connectivity index (χ0v) is 10.7. The third-order valence-electron chi connectivity index (χ3n) is 2.37. The molecule has 0 fully saturated rings. The molecule has 0 aliphatic heterocycles. The van der Waals surface area contributed by atoms with Gasteiger partial charge in [0, 0.05) is 0 Å². The Balaban J connectivity index is 2.74. The van der Waals surface area contributed by atoms with E-state index in [1.54, 1.807) is 24.3 Å². The van der Waals surface area contributed by atoms with Gasteiger partial charge in [-0.25, -0.2) is 0 Å². The van der Waals surface area contributed by atoms with E-state index in [2.05, 4.69) is 6.58 Å². The number of carboxylic acids is 1. The molecule has 1 aromatic carbocycles. The molecule has 0 atom stereocenters. The molecule has 0 bridgehead atoms. The van der Waals surface area contributed by atoms with Crippen LogP contribution in [0.4, 0.5) is 0 Å². The highest BCUT2D eigenvalue weighted by molar-refractivity contribution is 5.78. The van der Waals surface area contributed by atoms with E-state index in [-0.39, 0.29) is 18.6 Å². The Morgan fingerprint density at radius 2 is 2.05 bits per heavy atom. The number of esters is 1. The number of carbonyl (C=O) groups excluding carboxylic acids is 1. The summed E-state index contributed by atoms with van der Waals surface area (Å²) in [5.41, 5.74) is 0.984. The summed E-state index contributed by atoms with van der Waals surface area (Å²) in [6, 6.07) is 5.17. The molecule has 0 amide bonds. The van der Waals surface area contributed by atoms with Crippen molar-refractivity contribution in [2.45, 2.75) is 19.3 Å². The van der Waals surface area contributed by atoms with Gasteiger partial charge in [0.15, 0.2) is 11.5 Å². The van der Waals surface area contributed by atoms with E-state index in [1.165, 1.54) is 7.11 Å². The SMILES string of the molecule is C=CCc1ccc(OC(=O)CCC(=O)O)c(OC)c1. The second-order valence-electron chi connectivity index (χ2n) is 3.85. The van der Waals surface area contributed by atoms with Gasteiger partial charge in [0.25, 0.3) is 0 Å². The number of aliphatic carboxylic acids is 1. The van der Waals surface area contributed by atoms with Crippen molar-refractivity contribution in [3.05, 3.63) is 36.4 Å². The third kappa shape index (κ3) is 4.83. The Bertz CT molecular complexity index is 479. The number of hydrogen-bond donors (Lipinski definition) is 1. The molecule has 0 saturated heterocycles. The maximum absolute atomic E-state index is 11.4. The number of rotatable bonds is 7. The van der Waals surface area contributed by atoms with E-state index < -0.39 is 11.9 Å². The van der Waals surface area contributed by atoms with Gasteiger partial charge in [0.05, 0.1) is 20.0 Å². The topological polar surface area (TPSA) is 72.8 Å². The highest BCUT2D eigenvalue weighted by Crippen LogP contribution is 2.28. The lowest BCUT2D eigenvalue weighted by Crippen LogP contribution is -2.11. The Labute approximate surface area is 111 Å². The molecule has 0 heterocycles. The van der Waals surface area contributed by atoms with Crippen LogP contribution in [-0.4, -0.2) is 24.2 Å². The summed E-state index contributed by atoms with van der Waals surface area (Å²) in [4.78, 5) is 21.8. The number of allylic oxidation sites excluding steroid dienone is 1. The monoisotopic (exact) mass is 264 g/mol. The number of benzene rings is 1. The minimum atomic E-state index is -1.04. The smallest absolute Gasteiger partial charge is 0.311 e. The van der Waals surface area contributed by atoms with Crippen LogP contribution in [0.25, 0.3) is 0 Å². The Kier molecular flexibility index (Phi) is 5.60. The lowest BCUT2D eigenvalue weighted by molar-refractivity contribution is -0.142. The molecule has 5 heteroatoms. The van der Waals surface area contributed by atoms with Crippen LogP contribution >= 0.6 is 0 Å². The van der Waals surface area contributed by atoms with Crippen LogP contribution in [0.3, 0.4) is 0 Å². The van der Waals surface area contributed by atoms with E-state index in [4.69, 9.17) is 14.6 Å². The van der Waals surface area contributed by atoms with Crippen LogP contribution in [0.15, 0.2) is 30.9 Å². The fourth-order valence-corrected chi connectivity index (χ4v) is 1.47. The molecule has 19 heavy (non-hydrogen) atoms. The molecule has 0 radical (unpaired) electrons. The van der Waals surface area contributed by atoms with Crippen molar-refractivity contribution >= 4 is 11.9 Å². The third-order valence-corrected chi connectivity index (χ3v) is 2.37. The van der Waals surface area contributed by atoms with Crippen LogP contribution in [0, 0.1) is 0 Å². The van der Waals surface area contributed by atoms with Gasteiger partial charge < -0.3 is 14.6 Å². The number of carbonyl (C=O) groups is 2. The van der Waals surface area contributed by atoms with Gasteiger partial charge in [0.2, 0.25) is 0 Å². The summed E-state index contributed by atoms with van der Waals surface area (Å²) >= 11 is 0. The molecule has 0 spiro atoms. The van der Waals surface area contributed by atoms with Crippen LogP contribution in [0.2, 0.25) is 0 Å². The Morgan fingerprint density at radius 1 is 1.32 bits per heavy atom. The summed E-state index contributed by atoms with van der Waals surface area (Å²) in [5.74, 6) is -0.920. The molecule has 0 aromatic heterocycles. The van der Waals surface area contributed by atoms with Gasteiger partial charge in [-0.1, -0.05) is 12.1 Å². The average molecular weight is 264 g/mol. The van der Waals surface area contributed by atoms with Crippen LogP contribution in [-0.2, 0) is 16.0 Å². The largest absolute Gasteiger partial charge is 0.493 e. The molecule has 1 N–H and O–H groups in total. The first kappa shape index (κ1) is 14.8. The highest BCUT2D eigenvalue weighted by atomic mass is 16.6. The van der Waals surface area contributed by atoms with E-state index in [9.17, 15) is 9.59 Å². The summed E-state index contributed by atoms with van der Waals surface area (Å²) < 4.78 is 10.2. The summed E-state index contributed by atoms with van der Waals surface area (Å²) in [6.45, 7) is 3.64. The van der Waals surface area contributed by atoms with E-state index >= 15 is 0 Å². The first-order chi connectivity index (χ1) is 9.06. The predicted molar refractivity (Wildman–Crippen MR) is 69.4 cm³/mol. The minimum absolute atomic E-state index is 0.174. The molecular weight excluding hydrogens is 248 g/mol. The average Bonchev–Trinajstić information content (AvgIpc) is 2.38. The van der Waals surface area contributed by atoms with Crippen LogP contribution < -0.4 is 9.47 Å². The molecular formula is C14H16O5. The van der Waals surface area contributed by atoms with Crippen molar-refractivity contribution in [2.24, 2.45) is 0 Å².